The summed E-state index contributed by atoms with van der Waals surface area (Å²) in [5.41, 5.74) is 0.856. The van der Waals surface area contributed by atoms with E-state index in [0.29, 0.717) is 17.5 Å². The summed E-state index contributed by atoms with van der Waals surface area (Å²) in [4.78, 5) is 0.304. The van der Waals surface area contributed by atoms with E-state index in [9.17, 15) is 8.42 Å². The molecule has 0 spiro atoms. The van der Waals surface area contributed by atoms with Crippen molar-refractivity contribution in [3.05, 3.63) is 29.8 Å². The first kappa shape index (κ1) is 18.4. The van der Waals surface area contributed by atoms with Gasteiger partial charge in [-0.25, -0.2) is 13.1 Å². The summed E-state index contributed by atoms with van der Waals surface area (Å²) in [6.07, 6.45) is 1.64. The predicted molar refractivity (Wildman–Crippen MR) is 85.2 cm³/mol. The van der Waals surface area contributed by atoms with Gasteiger partial charge in [0.15, 0.2) is 0 Å². The van der Waals surface area contributed by atoms with Gasteiger partial charge in [-0.1, -0.05) is 12.1 Å². The molecule has 0 saturated carbocycles. The minimum absolute atomic E-state index is 0. The minimum Gasteiger partial charge on any atom is -0.380 e. The van der Waals surface area contributed by atoms with E-state index in [1.807, 2.05) is 6.07 Å². The number of hydrogen-bond donors (Lipinski definition) is 2. The van der Waals surface area contributed by atoms with Crippen LogP contribution in [0.5, 0.6) is 0 Å². The summed E-state index contributed by atoms with van der Waals surface area (Å²) in [5.74, 6) is 0. The van der Waals surface area contributed by atoms with Gasteiger partial charge in [0.2, 0.25) is 10.0 Å². The molecule has 120 valence electrons. The molecule has 0 radical (unpaired) electrons. The normalized spacial score (nSPS) is 22.6. The molecular weight excluding hydrogens is 312 g/mol. The van der Waals surface area contributed by atoms with E-state index < -0.39 is 10.0 Å². The minimum atomic E-state index is -3.46. The Bertz CT molecular complexity index is 551. The molecule has 2 atom stereocenters. The number of sulfonamides is 1. The number of halogens is 1. The monoisotopic (exact) mass is 334 g/mol. The van der Waals surface area contributed by atoms with Gasteiger partial charge >= 0.3 is 0 Å². The summed E-state index contributed by atoms with van der Waals surface area (Å²) < 4.78 is 32.6. The number of nitrogens with one attached hydrogen (secondary N) is 2. The highest BCUT2D eigenvalue weighted by Crippen LogP contribution is 2.16. The summed E-state index contributed by atoms with van der Waals surface area (Å²) in [5, 5.41) is 3.31. The molecule has 0 amide bonds. The van der Waals surface area contributed by atoms with Crippen LogP contribution < -0.4 is 10.0 Å². The van der Waals surface area contributed by atoms with E-state index in [1.165, 1.54) is 0 Å². The highest BCUT2D eigenvalue weighted by molar-refractivity contribution is 7.89. The molecule has 1 aromatic carbocycles. The molecule has 21 heavy (non-hydrogen) atoms. The van der Waals surface area contributed by atoms with Gasteiger partial charge in [0.1, 0.15) is 0 Å². The Morgan fingerprint density at radius 2 is 2.19 bits per heavy atom. The zero-order valence-corrected chi connectivity index (χ0v) is 14.0. The summed E-state index contributed by atoms with van der Waals surface area (Å²) in [6, 6.07) is 7.23. The Hall–Kier alpha value is -0.660. The van der Waals surface area contributed by atoms with E-state index in [-0.39, 0.29) is 18.4 Å². The van der Waals surface area contributed by atoms with Crippen LogP contribution in [0, 0.1) is 0 Å². The molecule has 0 bridgehead atoms. The maximum atomic E-state index is 12.4. The smallest absolute Gasteiger partial charge is 0.240 e. The predicted octanol–water partition coefficient (Wildman–Crippen LogP) is 1.67. The third kappa shape index (κ3) is 5.23. The van der Waals surface area contributed by atoms with Crippen molar-refractivity contribution >= 4 is 22.4 Å². The van der Waals surface area contributed by atoms with Crippen molar-refractivity contribution in [2.75, 3.05) is 13.7 Å². The largest absolute Gasteiger partial charge is 0.380 e. The second-order valence-electron chi connectivity index (χ2n) is 5.28. The van der Waals surface area contributed by atoms with E-state index in [2.05, 4.69) is 17.0 Å². The Morgan fingerprint density at radius 3 is 2.86 bits per heavy atom. The first-order chi connectivity index (χ1) is 9.51. The number of benzene rings is 1. The summed E-state index contributed by atoms with van der Waals surface area (Å²) in [7, 11) is -1.86. The quantitative estimate of drug-likeness (QED) is 0.859. The highest BCUT2D eigenvalue weighted by Gasteiger charge is 2.24. The highest BCUT2D eigenvalue weighted by atomic mass is 35.5. The number of ether oxygens (including phenoxy) is 1. The van der Waals surface area contributed by atoms with Crippen molar-refractivity contribution in [1.82, 2.24) is 10.0 Å². The molecule has 1 fully saturated rings. The zero-order valence-electron chi connectivity index (χ0n) is 12.3. The van der Waals surface area contributed by atoms with Crippen molar-refractivity contribution in [1.29, 1.82) is 0 Å². The maximum Gasteiger partial charge on any atom is 0.240 e. The number of rotatable bonds is 5. The van der Waals surface area contributed by atoms with Crippen molar-refractivity contribution in [3.8, 4) is 0 Å². The average molecular weight is 335 g/mol. The molecule has 0 aromatic heterocycles. The fourth-order valence-electron chi connectivity index (χ4n) is 2.50. The van der Waals surface area contributed by atoms with Crippen LogP contribution in [0.25, 0.3) is 0 Å². The van der Waals surface area contributed by atoms with Crippen LogP contribution in [0.4, 0.5) is 0 Å². The molecular formula is C14H23ClN2O3S. The first-order valence-electron chi connectivity index (χ1n) is 6.85. The molecule has 1 aliphatic rings. The average Bonchev–Trinajstić information content (AvgIpc) is 2.39. The lowest BCUT2D eigenvalue weighted by Gasteiger charge is -2.28. The number of piperidine rings is 1. The Balaban J connectivity index is 0.00000220. The van der Waals surface area contributed by atoms with Gasteiger partial charge in [0.05, 0.1) is 11.5 Å². The molecule has 1 saturated heterocycles. The van der Waals surface area contributed by atoms with Gasteiger partial charge in [-0.15, -0.1) is 12.4 Å². The van der Waals surface area contributed by atoms with Gasteiger partial charge in [0, 0.05) is 19.2 Å². The second-order valence-corrected chi connectivity index (χ2v) is 6.99. The molecule has 7 heteroatoms. The molecule has 0 aliphatic carbocycles. The lowest BCUT2D eigenvalue weighted by atomic mass is 10.0. The van der Waals surface area contributed by atoms with Crippen molar-refractivity contribution in [3.63, 3.8) is 0 Å². The van der Waals surface area contributed by atoms with E-state index in [4.69, 9.17) is 4.74 Å². The van der Waals surface area contributed by atoms with Crippen LogP contribution in [-0.4, -0.2) is 34.2 Å². The van der Waals surface area contributed by atoms with Crippen LogP contribution in [-0.2, 0) is 21.4 Å². The number of hydrogen-bond acceptors (Lipinski definition) is 4. The van der Waals surface area contributed by atoms with E-state index >= 15 is 0 Å². The molecule has 2 unspecified atom stereocenters. The molecule has 2 N–H and O–H groups in total. The number of methoxy groups -OCH3 is 1. The molecule has 2 rings (SSSR count). The van der Waals surface area contributed by atoms with E-state index in [1.54, 1.807) is 25.3 Å². The van der Waals surface area contributed by atoms with Gasteiger partial charge in [-0.3, -0.25) is 0 Å². The maximum absolute atomic E-state index is 12.4. The third-order valence-corrected chi connectivity index (χ3v) is 4.98. The zero-order chi connectivity index (χ0) is 14.6. The lowest BCUT2D eigenvalue weighted by Crippen LogP contribution is -2.46. The summed E-state index contributed by atoms with van der Waals surface area (Å²) in [6.45, 7) is 3.32. The van der Waals surface area contributed by atoms with Crippen molar-refractivity contribution in [2.45, 2.75) is 43.4 Å². The molecule has 1 aliphatic heterocycles. The van der Waals surface area contributed by atoms with Gasteiger partial charge < -0.3 is 10.1 Å². The fraction of sp³-hybridized carbons (Fsp3) is 0.571. The fourth-order valence-corrected chi connectivity index (χ4v) is 3.85. The molecule has 1 aromatic rings. The van der Waals surface area contributed by atoms with Crippen LogP contribution in [0.2, 0.25) is 0 Å². The summed E-state index contributed by atoms with van der Waals surface area (Å²) >= 11 is 0. The van der Waals surface area contributed by atoms with Gasteiger partial charge in [-0.05, 0) is 44.0 Å². The molecule has 5 nitrogen and oxygen atoms in total. The standard InChI is InChI=1S/C14H22N2O3S.ClH/c1-11-8-13(6-7-15-11)16-20(17,18)14-5-3-4-12(9-14)10-19-2;/h3-5,9,11,13,15-16H,6-8,10H2,1-2H3;1H. The second kappa shape index (κ2) is 8.10. The van der Waals surface area contributed by atoms with Crippen LogP contribution in [0.1, 0.15) is 25.3 Å². The molecule has 1 heterocycles. The van der Waals surface area contributed by atoms with Crippen LogP contribution in [0.15, 0.2) is 29.2 Å². The van der Waals surface area contributed by atoms with Crippen molar-refractivity contribution < 1.29 is 13.2 Å². The van der Waals surface area contributed by atoms with Crippen molar-refractivity contribution in [2.24, 2.45) is 0 Å². The van der Waals surface area contributed by atoms with Crippen LogP contribution in [0.3, 0.4) is 0 Å². The van der Waals surface area contributed by atoms with Gasteiger partial charge in [-0.2, -0.15) is 0 Å². The third-order valence-electron chi connectivity index (χ3n) is 3.47. The Kier molecular flexibility index (Phi) is 7.09. The Morgan fingerprint density at radius 1 is 1.43 bits per heavy atom. The lowest BCUT2D eigenvalue weighted by molar-refractivity contribution is 0.184. The first-order valence-corrected chi connectivity index (χ1v) is 8.33. The van der Waals surface area contributed by atoms with Gasteiger partial charge in [0.25, 0.3) is 0 Å². The van der Waals surface area contributed by atoms with Crippen LogP contribution >= 0.6 is 12.4 Å². The van der Waals surface area contributed by atoms with E-state index in [0.717, 1.165) is 24.9 Å². The topological polar surface area (TPSA) is 67.4 Å². The SMILES string of the molecule is COCc1cccc(S(=O)(=O)NC2CCNC(C)C2)c1.Cl. The Labute approximate surface area is 132 Å².